The van der Waals surface area contributed by atoms with Crippen LogP contribution in [0.1, 0.15) is 60.6 Å². The lowest BCUT2D eigenvalue weighted by molar-refractivity contribution is -0.128. The fourth-order valence-electron chi connectivity index (χ4n) is 3.37. The van der Waals surface area contributed by atoms with E-state index in [-0.39, 0.29) is 17.7 Å². The van der Waals surface area contributed by atoms with Gasteiger partial charge in [0.2, 0.25) is 0 Å². The summed E-state index contributed by atoms with van der Waals surface area (Å²) in [5.74, 6) is 0.558. The average Bonchev–Trinajstić information content (AvgIpc) is 2.68. The SMILES string of the molecule is CCC(=O)c1ccc(O[C@H](C)C(=O)N[C@H]2CCCc3ccccc32)cc1. The molecule has 1 N–H and O–H groups in total. The van der Waals surface area contributed by atoms with Crippen LogP contribution in [0.3, 0.4) is 0 Å². The third-order valence-electron chi connectivity index (χ3n) is 4.87. The molecule has 2 aromatic carbocycles. The van der Waals surface area contributed by atoms with Gasteiger partial charge in [-0.05, 0) is 61.6 Å². The summed E-state index contributed by atoms with van der Waals surface area (Å²) < 4.78 is 5.75. The van der Waals surface area contributed by atoms with Gasteiger partial charge in [-0.1, -0.05) is 31.2 Å². The van der Waals surface area contributed by atoms with E-state index in [0.29, 0.717) is 17.7 Å². The van der Waals surface area contributed by atoms with Crippen LogP contribution in [0.5, 0.6) is 5.75 Å². The minimum absolute atomic E-state index is 0.0445. The summed E-state index contributed by atoms with van der Waals surface area (Å²) in [6.07, 6.45) is 2.96. The van der Waals surface area contributed by atoms with Crippen molar-refractivity contribution >= 4 is 11.7 Å². The smallest absolute Gasteiger partial charge is 0.261 e. The molecule has 136 valence electrons. The van der Waals surface area contributed by atoms with E-state index in [9.17, 15) is 9.59 Å². The van der Waals surface area contributed by atoms with E-state index in [2.05, 4.69) is 17.4 Å². The van der Waals surface area contributed by atoms with Crippen molar-refractivity contribution in [2.45, 2.75) is 51.7 Å². The van der Waals surface area contributed by atoms with Gasteiger partial charge in [0.25, 0.3) is 5.91 Å². The molecule has 2 atom stereocenters. The molecule has 0 aromatic heterocycles. The number of hydrogen-bond donors (Lipinski definition) is 1. The highest BCUT2D eigenvalue weighted by molar-refractivity contribution is 5.95. The molecule has 0 fully saturated rings. The molecular formula is C22H25NO3. The molecule has 26 heavy (non-hydrogen) atoms. The van der Waals surface area contributed by atoms with Crippen molar-refractivity contribution in [3.8, 4) is 5.75 Å². The Balaban J connectivity index is 1.61. The van der Waals surface area contributed by atoms with Crippen LogP contribution in [0.2, 0.25) is 0 Å². The Hall–Kier alpha value is -2.62. The molecule has 3 rings (SSSR count). The number of aryl methyl sites for hydroxylation is 1. The Kier molecular flexibility index (Phi) is 5.71. The third kappa shape index (κ3) is 4.13. The van der Waals surface area contributed by atoms with Crippen LogP contribution in [0, 0.1) is 0 Å². The molecule has 0 aliphatic heterocycles. The van der Waals surface area contributed by atoms with Crippen molar-refractivity contribution in [2.24, 2.45) is 0 Å². The van der Waals surface area contributed by atoms with Crippen LogP contribution in [-0.4, -0.2) is 17.8 Å². The Morgan fingerprint density at radius 3 is 2.62 bits per heavy atom. The number of nitrogens with one attached hydrogen (secondary N) is 1. The topological polar surface area (TPSA) is 55.4 Å². The molecule has 0 unspecified atom stereocenters. The summed E-state index contributed by atoms with van der Waals surface area (Å²) in [5, 5.41) is 3.12. The molecule has 0 heterocycles. The monoisotopic (exact) mass is 351 g/mol. The number of ketones is 1. The van der Waals surface area contributed by atoms with Crippen LogP contribution in [0.4, 0.5) is 0 Å². The zero-order valence-corrected chi connectivity index (χ0v) is 15.3. The molecule has 0 saturated heterocycles. The summed E-state index contributed by atoms with van der Waals surface area (Å²) in [7, 11) is 0. The van der Waals surface area contributed by atoms with Crippen molar-refractivity contribution in [1.29, 1.82) is 0 Å². The number of ether oxygens (including phenoxy) is 1. The van der Waals surface area contributed by atoms with Crippen LogP contribution >= 0.6 is 0 Å². The predicted molar refractivity (Wildman–Crippen MR) is 101 cm³/mol. The lowest BCUT2D eigenvalue weighted by atomic mass is 9.87. The maximum Gasteiger partial charge on any atom is 0.261 e. The highest BCUT2D eigenvalue weighted by atomic mass is 16.5. The number of carbonyl (C=O) groups excluding carboxylic acids is 2. The van der Waals surface area contributed by atoms with Crippen LogP contribution < -0.4 is 10.1 Å². The standard InChI is InChI=1S/C22H25NO3/c1-3-21(24)17-11-13-18(14-12-17)26-15(2)22(25)23-20-10-6-8-16-7-4-5-9-19(16)20/h4-5,7,9,11-15,20H,3,6,8,10H2,1-2H3,(H,23,25)/t15-,20+/m1/s1. The minimum atomic E-state index is -0.600. The summed E-state index contributed by atoms with van der Waals surface area (Å²) in [4.78, 5) is 24.2. The molecule has 1 aliphatic rings. The van der Waals surface area contributed by atoms with Gasteiger partial charge in [0, 0.05) is 12.0 Å². The Morgan fingerprint density at radius 2 is 1.88 bits per heavy atom. The number of Topliss-reactive ketones (excluding diaryl/α,β-unsaturated/α-hetero) is 1. The first-order chi connectivity index (χ1) is 12.6. The minimum Gasteiger partial charge on any atom is -0.481 e. The molecule has 1 amide bonds. The second-order valence-electron chi connectivity index (χ2n) is 6.71. The van der Waals surface area contributed by atoms with Gasteiger partial charge < -0.3 is 10.1 Å². The number of amides is 1. The number of benzene rings is 2. The van der Waals surface area contributed by atoms with Gasteiger partial charge in [-0.3, -0.25) is 9.59 Å². The number of hydrogen-bond acceptors (Lipinski definition) is 3. The molecule has 0 saturated carbocycles. The molecule has 0 bridgehead atoms. The van der Waals surface area contributed by atoms with Crippen LogP contribution in [0.15, 0.2) is 48.5 Å². The van der Waals surface area contributed by atoms with Crippen LogP contribution in [0.25, 0.3) is 0 Å². The second kappa shape index (κ2) is 8.17. The first-order valence-corrected chi connectivity index (χ1v) is 9.26. The van der Waals surface area contributed by atoms with E-state index in [1.54, 1.807) is 31.2 Å². The maximum atomic E-state index is 12.6. The van der Waals surface area contributed by atoms with E-state index >= 15 is 0 Å². The highest BCUT2D eigenvalue weighted by Gasteiger charge is 2.24. The first kappa shape index (κ1) is 18.2. The average molecular weight is 351 g/mol. The molecule has 2 aromatic rings. The quantitative estimate of drug-likeness (QED) is 0.792. The summed E-state index contributed by atoms with van der Waals surface area (Å²) in [5.41, 5.74) is 3.19. The molecule has 4 heteroatoms. The first-order valence-electron chi connectivity index (χ1n) is 9.26. The lowest BCUT2D eigenvalue weighted by Gasteiger charge is -2.27. The summed E-state index contributed by atoms with van der Waals surface area (Å²) >= 11 is 0. The van der Waals surface area contributed by atoms with Gasteiger partial charge in [-0.25, -0.2) is 0 Å². The van der Waals surface area contributed by atoms with Gasteiger partial charge >= 0.3 is 0 Å². The highest BCUT2D eigenvalue weighted by Crippen LogP contribution is 2.29. The maximum absolute atomic E-state index is 12.6. The van der Waals surface area contributed by atoms with Crippen molar-refractivity contribution in [3.63, 3.8) is 0 Å². The van der Waals surface area contributed by atoms with Gasteiger partial charge in [0.1, 0.15) is 5.75 Å². The Morgan fingerprint density at radius 1 is 1.15 bits per heavy atom. The molecule has 1 aliphatic carbocycles. The lowest BCUT2D eigenvalue weighted by Crippen LogP contribution is -2.39. The van der Waals surface area contributed by atoms with E-state index in [4.69, 9.17) is 4.74 Å². The fourth-order valence-corrected chi connectivity index (χ4v) is 3.37. The molecular weight excluding hydrogens is 326 g/mol. The van der Waals surface area contributed by atoms with Gasteiger partial charge in [0.15, 0.2) is 11.9 Å². The number of rotatable bonds is 6. The van der Waals surface area contributed by atoms with Crippen molar-refractivity contribution in [1.82, 2.24) is 5.32 Å². The summed E-state index contributed by atoms with van der Waals surface area (Å²) in [6.45, 7) is 3.58. The normalized spacial score (nSPS) is 17.1. The number of fused-ring (bicyclic) bond motifs is 1. The predicted octanol–water partition coefficient (Wildman–Crippen LogP) is 4.24. The zero-order valence-electron chi connectivity index (χ0n) is 15.3. The van der Waals surface area contributed by atoms with Crippen molar-refractivity contribution in [2.75, 3.05) is 0 Å². The van der Waals surface area contributed by atoms with Crippen molar-refractivity contribution < 1.29 is 14.3 Å². The van der Waals surface area contributed by atoms with E-state index < -0.39 is 6.10 Å². The van der Waals surface area contributed by atoms with E-state index in [0.717, 1.165) is 19.3 Å². The van der Waals surface area contributed by atoms with Gasteiger partial charge in [-0.2, -0.15) is 0 Å². The van der Waals surface area contributed by atoms with E-state index in [1.165, 1.54) is 11.1 Å². The summed E-state index contributed by atoms with van der Waals surface area (Å²) in [6, 6.07) is 15.3. The Bertz CT molecular complexity index is 782. The van der Waals surface area contributed by atoms with Crippen molar-refractivity contribution in [3.05, 3.63) is 65.2 Å². The molecule has 0 spiro atoms. The zero-order chi connectivity index (χ0) is 18.5. The second-order valence-corrected chi connectivity index (χ2v) is 6.71. The largest absolute Gasteiger partial charge is 0.481 e. The fraction of sp³-hybridized carbons (Fsp3) is 0.364. The molecule has 4 nitrogen and oxygen atoms in total. The number of carbonyl (C=O) groups is 2. The van der Waals surface area contributed by atoms with Gasteiger partial charge in [-0.15, -0.1) is 0 Å². The third-order valence-corrected chi connectivity index (χ3v) is 4.87. The van der Waals surface area contributed by atoms with E-state index in [1.807, 2.05) is 19.1 Å². The Labute approximate surface area is 154 Å². The molecule has 0 radical (unpaired) electrons. The van der Waals surface area contributed by atoms with Gasteiger partial charge in [0.05, 0.1) is 6.04 Å². The van der Waals surface area contributed by atoms with Crippen LogP contribution in [-0.2, 0) is 11.2 Å².